The first kappa shape index (κ1) is 31.0. The molecule has 2 aliphatic rings. The van der Waals surface area contributed by atoms with Crippen molar-refractivity contribution in [2.75, 3.05) is 13.7 Å². The standard InChI is InChI=1S/C31H49BN2O5Si/c1-28(2,3)40(11,12)36-20-21(17-32-38-30(6,7)31(8,9)39-32)24-18-33-19-25(34-24)22-13-14-26(35-10)27-23(22)15-16-29(4,5)37-27/h13-14,18-19,21H,15-17,20H2,1-12H3. The fourth-order valence-corrected chi connectivity index (χ4v) is 5.97. The Morgan fingerprint density at radius 1 is 1.02 bits per heavy atom. The van der Waals surface area contributed by atoms with Crippen LogP contribution >= 0.6 is 0 Å². The van der Waals surface area contributed by atoms with Gasteiger partial charge in [0.05, 0.1) is 35.9 Å². The lowest BCUT2D eigenvalue weighted by Gasteiger charge is -2.37. The third-order valence-corrected chi connectivity index (χ3v) is 13.9. The van der Waals surface area contributed by atoms with Gasteiger partial charge in [-0.25, -0.2) is 4.98 Å². The summed E-state index contributed by atoms with van der Waals surface area (Å²) in [7, 11) is -0.664. The van der Waals surface area contributed by atoms with E-state index in [2.05, 4.69) is 86.5 Å². The van der Waals surface area contributed by atoms with Gasteiger partial charge >= 0.3 is 7.12 Å². The smallest absolute Gasteiger partial charge is 0.458 e. The van der Waals surface area contributed by atoms with E-state index in [9.17, 15) is 0 Å². The van der Waals surface area contributed by atoms with E-state index in [0.29, 0.717) is 12.9 Å². The maximum Gasteiger partial charge on any atom is 0.458 e. The number of nitrogens with zero attached hydrogens (tertiary/aromatic N) is 2. The molecule has 0 saturated carbocycles. The molecule has 0 radical (unpaired) electrons. The van der Waals surface area contributed by atoms with Crippen LogP contribution in [0.2, 0.25) is 24.5 Å². The predicted octanol–water partition coefficient (Wildman–Crippen LogP) is 7.45. The molecule has 0 spiro atoms. The van der Waals surface area contributed by atoms with E-state index >= 15 is 0 Å². The summed E-state index contributed by atoms with van der Waals surface area (Å²) in [5.41, 5.74) is 2.81. The van der Waals surface area contributed by atoms with Crippen LogP contribution in [0.1, 0.15) is 85.9 Å². The Hall–Kier alpha value is -1.94. The molecule has 1 aromatic heterocycles. The zero-order chi connectivity index (χ0) is 29.7. The summed E-state index contributed by atoms with van der Waals surface area (Å²) in [6.45, 7) is 24.5. The van der Waals surface area contributed by atoms with Crippen molar-refractivity contribution < 1.29 is 23.2 Å². The van der Waals surface area contributed by atoms with Crippen molar-refractivity contribution in [3.8, 4) is 22.8 Å². The number of aromatic nitrogens is 2. The molecule has 7 nitrogen and oxygen atoms in total. The number of fused-ring (bicyclic) bond motifs is 1. The second kappa shape index (κ2) is 10.7. The highest BCUT2D eigenvalue weighted by molar-refractivity contribution is 6.74. The van der Waals surface area contributed by atoms with Crippen LogP contribution in [0.5, 0.6) is 11.5 Å². The summed E-state index contributed by atoms with van der Waals surface area (Å²) >= 11 is 0. The molecule has 2 aliphatic heterocycles. The molecular weight excluding hydrogens is 519 g/mol. The van der Waals surface area contributed by atoms with Crippen LogP contribution in [0.3, 0.4) is 0 Å². The summed E-state index contributed by atoms with van der Waals surface area (Å²) in [5.74, 6) is 1.51. The van der Waals surface area contributed by atoms with Crippen LogP contribution in [0.4, 0.5) is 0 Å². The fraction of sp³-hybridized carbons (Fsp3) is 0.677. The van der Waals surface area contributed by atoms with Gasteiger partial charge in [-0.2, -0.15) is 0 Å². The summed E-state index contributed by atoms with van der Waals surface area (Å²) in [4.78, 5) is 9.85. The first-order chi connectivity index (χ1) is 18.4. The zero-order valence-corrected chi connectivity index (χ0v) is 27.7. The van der Waals surface area contributed by atoms with Crippen LogP contribution in [0.15, 0.2) is 24.5 Å². The number of methoxy groups -OCH3 is 1. The van der Waals surface area contributed by atoms with Gasteiger partial charge in [0.15, 0.2) is 19.8 Å². The Labute approximate surface area is 243 Å². The summed E-state index contributed by atoms with van der Waals surface area (Å²) in [6.07, 6.45) is 6.14. The van der Waals surface area contributed by atoms with Gasteiger partial charge in [0.2, 0.25) is 0 Å². The Bertz CT molecular complexity index is 1210. The van der Waals surface area contributed by atoms with Gasteiger partial charge in [0.1, 0.15) is 5.60 Å². The van der Waals surface area contributed by atoms with E-state index in [1.165, 1.54) is 0 Å². The summed E-state index contributed by atoms with van der Waals surface area (Å²) in [6, 6.07) is 4.04. The van der Waals surface area contributed by atoms with Crippen LogP contribution in [0.25, 0.3) is 11.3 Å². The molecule has 1 fully saturated rings. The van der Waals surface area contributed by atoms with Gasteiger partial charge in [-0.3, -0.25) is 4.98 Å². The maximum atomic E-state index is 6.74. The van der Waals surface area contributed by atoms with Gasteiger partial charge in [0, 0.05) is 29.8 Å². The third-order valence-electron chi connectivity index (χ3n) is 9.38. The van der Waals surface area contributed by atoms with Crippen molar-refractivity contribution in [3.63, 3.8) is 0 Å². The molecule has 0 aliphatic carbocycles. The molecule has 0 N–H and O–H groups in total. The molecular formula is C31H49BN2O5Si. The monoisotopic (exact) mass is 568 g/mol. The van der Waals surface area contributed by atoms with Crippen molar-refractivity contribution in [3.05, 3.63) is 35.8 Å². The van der Waals surface area contributed by atoms with Crippen molar-refractivity contribution in [2.45, 2.75) is 122 Å². The lowest BCUT2D eigenvalue weighted by molar-refractivity contribution is 0.00578. The van der Waals surface area contributed by atoms with Gasteiger partial charge in [-0.05, 0) is 91.0 Å². The Morgan fingerprint density at radius 3 is 2.27 bits per heavy atom. The zero-order valence-electron chi connectivity index (χ0n) is 26.7. The highest BCUT2D eigenvalue weighted by Crippen LogP contribution is 2.45. The molecule has 2 aromatic rings. The number of ether oxygens (including phenoxy) is 2. The van der Waals surface area contributed by atoms with Crippen molar-refractivity contribution in [1.29, 1.82) is 0 Å². The Kier molecular flexibility index (Phi) is 8.31. The van der Waals surface area contributed by atoms with E-state index in [1.54, 1.807) is 7.11 Å². The van der Waals surface area contributed by atoms with E-state index in [1.807, 2.05) is 18.5 Å². The van der Waals surface area contributed by atoms with E-state index in [-0.39, 0.29) is 23.7 Å². The second-order valence-corrected chi connectivity index (χ2v) is 19.3. The SMILES string of the molecule is COc1ccc(-c2cncc(C(CO[Si](C)(C)C(C)(C)C)CB3OC(C)(C)C(C)(C)O3)n2)c2c1OC(C)(C)CC2. The minimum Gasteiger partial charge on any atom is -0.493 e. The van der Waals surface area contributed by atoms with Crippen molar-refractivity contribution in [1.82, 2.24) is 9.97 Å². The molecule has 0 amide bonds. The van der Waals surface area contributed by atoms with Gasteiger partial charge in [-0.15, -0.1) is 0 Å². The quantitative estimate of drug-likeness (QED) is 0.306. The van der Waals surface area contributed by atoms with Crippen molar-refractivity contribution >= 4 is 15.4 Å². The highest BCUT2D eigenvalue weighted by atomic mass is 28.4. The van der Waals surface area contributed by atoms with Crippen LogP contribution in [-0.4, -0.2) is 55.9 Å². The lowest BCUT2D eigenvalue weighted by atomic mass is 9.76. The molecule has 1 unspecified atom stereocenters. The number of benzene rings is 1. The molecule has 220 valence electrons. The predicted molar refractivity (Wildman–Crippen MR) is 164 cm³/mol. The fourth-order valence-electron chi connectivity index (χ4n) is 4.92. The summed E-state index contributed by atoms with van der Waals surface area (Å²) < 4.78 is 31.6. The van der Waals surface area contributed by atoms with Crippen molar-refractivity contribution in [2.24, 2.45) is 0 Å². The molecule has 1 aromatic carbocycles. The highest BCUT2D eigenvalue weighted by Gasteiger charge is 2.51. The van der Waals surface area contributed by atoms with Crippen LogP contribution in [-0.2, 0) is 20.2 Å². The van der Waals surface area contributed by atoms with Gasteiger partial charge < -0.3 is 23.2 Å². The van der Waals surface area contributed by atoms with E-state index < -0.39 is 19.5 Å². The molecule has 1 saturated heterocycles. The largest absolute Gasteiger partial charge is 0.493 e. The minimum absolute atomic E-state index is 0.0412. The van der Waals surface area contributed by atoms with Gasteiger partial charge in [-0.1, -0.05) is 20.8 Å². The average Bonchev–Trinajstić information content (AvgIpc) is 3.05. The first-order valence-corrected chi connectivity index (χ1v) is 17.5. The molecule has 40 heavy (non-hydrogen) atoms. The minimum atomic E-state index is -1.99. The van der Waals surface area contributed by atoms with E-state index in [4.69, 9.17) is 28.2 Å². The van der Waals surface area contributed by atoms with Gasteiger partial charge in [0.25, 0.3) is 0 Å². The number of hydrogen-bond donors (Lipinski definition) is 0. The third kappa shape index (κ3) is 6.27. The average molecular weight is 569 g/mol. The molecule has 4 rings (SSSR count). The number of rotatable bonds is 8. The number of hydrogen-bond acceptors (Lipinski definition) is 7. The lowest BCUT2D eigenvalue weighted by Crippen LogP contribution is -2.42. The molecule has 1 atom stereocenters. The molecule has 9 heteroatoms. The first-order valence-electron chi connectivity index (χ1n) is 14.6. The van der Waals surface area contributed by atoms with Crippen LogP contribution < -0.4 is 9.47 Å². The maximum absolute atomic E-state index is 6.74. The molecule has 0 bridgehead atoms. The van der Waals surface area contributed by atoms with Crippen LogP contribution in [0, 0.1) is 0 Å². The Morgan fingerprint density at radius 2 is 1.68 bits per heavy atom. The van der Waals surface area contributed by atoms with E-state index in [0.717, 1.165) is 46.9 Å². The normalized spacial score (nSPS) is 20.6. The summed E-state index contributed by atoms with van der Waals surface area (Å²) in [5, 5.41) is 0.103. The topological polar surface area (TPSA) is 71.9 Å². The Balaban J connectivity index is 1.69. The molecule has 3 heterocycles. The second-order valence-electron chi connectivity index (χ2n) is 14.5.